The van der Waals surface area contributed by atoms with Crippen LogP contribution in [0.5, 0.6) is 5.75 Å². The van der Waals surface area contributed by atoms with Gasteiger partial charge in [0.15, 0.2) is 0 Å². The Kier molecular flexibility index (Phi) is 4.56. The third-order valence-electron chi connectivity index (χ3n) is 1.87. The molecule has 1 aromatic carbocycles. The third-order valence-corrected chi connectivity index (χ3v) is 3.46. The van der Waals surface area contributed by atoms with E-state index in [2.05, 4.69) is 27.2 Å². The Morgan fingerprint density at radius 3 is 2.27 bits per heavy atom. The Morgan fingerprint density at radius 2 is 1.73 bits per heavy atom. The van der Waals surface area contributed by atoms with Gasteiger partial charge in [0.25, 0.3) is 0 Å². The number of benzene rings is 1. The summed E-state index contributed by atoms with van der Waals surface area (Å²) in [6.45, 7) is 9.21. The van der Waals surface area contributed by atoms with Gasteiger partial charge in [-0.15, -0.1) is 0 Å². The number of hydrogen-bond acceptors (Lipinski definition) is 2. The molecule has 0 unspecified atom stereocenters. The van der Waals surface area contributed by atoms with Crippen LogP contribution in [0.15, 0.2) is 30.3 Å². The molecule has 15 heavy (non-hydrogen) atoms. The quantitative estimate of drug-likeness (QED) is 0.717. The van der Waals surface area contributed by atoms with Crippen LogP contribution in [0.25, 0.3) is 0 Å². The second-order valence-electron chi connectivity index (χ2n) is 4.52. The van der Waals surface area contributed by atoms with Crippen molar-refractivity contribution in [2.24, 2.45) is 5.92 Å². The minimum atomic E-state index is -2.01. The summed E-state index contributed by atoms with van der Waals surface area (Å²) < 4.78 is 11.7. The third kappa shape index (κ3) is 5.15. The molecule has 3 heteroatoms. The first kappa shape index (κ1) is 12.5. The van der Waals surface area contributed by atoms with Crippen molar-refractivity contribution in [1.82, 2.24) is 0 Å². The van der Waals surface area contributed by atoms with Gasteiger partial charge in [-0.25, -0.2) is 0 Å². The number of rotatable bonds is 5. The molecule has 0 atom stereocenters. The van der Waals surface area contributed by atoms with Crippen LogP contribution in [0.4, 0.5) is 0 Å². The van der Waals surface area contributed by atoms with Gasteiger partial charge < -0.3 is 0 Å². The van der Waals surface area contributed by atoms with E-state index in [1.165, 1.54) is 0 Å². The molecule has 0 aromatic heterocycles. The van der Waals surface area contributed by atoms with Crippen molar-refractivity contribution in [2.45, 2.75) is 13.8 Å². The maximum atomic E-state index is 5.87. The Balaban J connectivity index is 2.49. The fourth-order valence-corrected chi connectivity index (χ4v) is 2.67. The number of hydrogen-bond donors (Lipinski definition) is 0. The van der Waals surface area contributed by atoms with Crippen molar-refractivity contribution in [3.63, 3.8) is 0 Å². The van der Waals surface area contributed by atoms with Gasteiger partial charge in [-0.3, -0.25) is 0 Å². The van der Waals surface area contributed by atoms with Crippen molar-refractivity contribution in [3.8, 4) is 5.75 Å². The molecule has 0 amide bonds. The van der Waals surface area contributed by atoms with E-state index in [0.717, 1.165) is 12.4 Å². The van der Waals surface area contributed by atoms with E-state index in [0.29, 0.717) is 5.92 Å². The molecule has 1 rings (SSSR count). The van der Waals surface area contributed by atoms with Crippen LogP contribution in [0.2, 0.25) is 0 Å². The van der Waals surface area contributed by atoms with Crippen molar-refractivity contribution < 1.29 is 9.05 Å². The molecule has 0 saturated heterocycles. The van der Waals surface area contributed by atoms with E-state index in [1.54, 1.807) is 0 Å². The zero-order chi connectivity index (χ0) is 11.3. The molecule has 1 aromatic rings. The fraction of sp³-hybridized carbons (Fsp3) is 0.500. The molecule has 0 aliphatic carbocycles. The Bertz CT molecular complexity index is 283. The summed E-state index contributed by atoms with van der Waals surface area (Å²) in [4.78, 5) is 0. The zero-order valence-electron chi connectivity index (χ0n) is 9.99. The van der Waals surface area contributed by atoms with Gasteiger partial charge in [-0.1, -0.05) is 0 Å². The van der Waals surface area contributed by atoms with E-state index in [-0.39, 0.29) is 0 Å². The van der Waals surface area contributed by atoms with Crippen LogP contribution in [0.3, 0.4) is 0 Å². The van der Waals surface area contributed by atoms with Crippen LogP contribution in [-0.2, 0) is 4.52 Å². The molecular formula is C12H21O2P. The maximum absolute atomic E-state index is 5.87. The van der Waals surface area contributed by atoms with E-state index < -0.39 is 7.72 Å². The summed E-state index contributed by atoms with van der Waals surface area (Å²) >= 11 is 0. The van der Waals surface area contributed by atoms with E-state index >= 15 is 0 Å². The standard InChI is InChI=1S/C12H21O2P/c1-11(2)10-13-15(3,4)14-12-8-6-5-7-9-12/h5-9,11,15H,10H2,1-4H3. The summed E-state index contributed by atoms with van der Waals surface area (Å²) in [5, 5.41) is 0. The molecule has 0 aliphatic rings. The average Bonchev–Trinajstić information content (AvgIpc) is 2.16. The molecule has 86 valence electrons. The predicted octanol–water partition coefficient (Wildman–Crippen LogP) is 3.58. The normalized spacial score (nSPS) is 12.9. The van der Waals surface area contributed by atoms with E-state index in [9.17, 15) is 0 Å². The molecule has 0 fully saturated rings. The van der Waals surface area contributed by atoms with E-state index in [1.807, 2.05) is 30.3 Å². The van der Waals surface area contributed by atoms with Crippen LogP contribution >= 0.6 is 7.72 Å². The molecule has 2 nitrogen and oxygen atoms in total. The molecule has 0 heterocycles. The van der Waals surface area contributed by atoms with Gasteiger partial charge in [0.2, 0.25) is 0 Å². The molecule has 0 N–H and O–H groups in total. The van der Waals surface area contributed by atoms with Crippen molar-refractivity contribution in [3.05, 3.63) is 30.3 Å². The predicted molar refractivity (Wildman–Crippen MR) is 68.0 cm³/mol. The van der Waals surface area contributed by atoms with Crippen LogP contribution in [-0.4, -0.2) is 19.9 Å². The van der Waals surface area contributed by atoms with Crippen molar-refractivity contribution in [1.29, 1.82) is 0 Å². The molecular weight excluding hydrogens is 207 g/mol. The monoisotopic (exact) mass is 228 g/mol. The number of para-hydroxylation sites is 1. The van der Waals surface area contributed by atoms with Gasteiger partial charge in [0.05, 0.1) is 0 Å². The van der Waals surface area contributed by atoms with Gasteiger partial charge >= 0.3 is 92.5 Å². The molecule has 0 bridgehead atoms. The van der Waals surface area contributed by atoms with Gasteiger partial charge in [0.1, 0.15) is 0 Å². The first-order chi connectivity index (χ1) is 6.99. The zero-order valence-corrected chi connectivity index (χ0v) is 11.0. The minimum absolute atomic E-state index is 0.552. The topological polar surface area (TPSA) is 18.5 Å². The van der Waals surface area contributed by atoms with Crippen molar-refractivity contribution in [2.75, 3.05) is 19.9 Å². The fourth-order valence-electron chi connectivity index (χ4n) is 1.17. The molecule has 0 radical (unpaired) electrons. The van der Waals surface area contributed by atoms with Gasteiger partial charge in [-0.2, -0.15) is 0 Å². The Hall–Kier alpha value is -0.590. The summed E-state index contributed by atoms with van der Waals surface area (Å²) in [5.41, 5.74) is 0. The summed E-state index contributed by atoms with van der Waals surface area (Å²) in [5.74, 6) is 1.45. The summed E-state index contributed by atoms with van der Waals surface area (Å²) in [7, 11) is -2.01. The summed E-state index contributed by atoms with van der Waals surface area (Å²) in [6, 6.07) is 9.86. The van der Waals surface area contributed by atoms with Crippen LogP contribution < -0.4 is 4.52 Å². The average molecular weight is 228 g/mol. The van der Waals surface area contributed by atoms with Gasteiger partial charge in [-0.05, 0) is 0 Å². The summed E-state index contributed by atoms with van der Waals surface area (Å²) in [6.07, 6.45) is 0. The van der Waals surface area contributed by atoms with E-state index in [4.69, 9.17) is 9.05 Å². The first-order valence-electron chi connectivity index (χ1n) is 5.37. The van der Waals surface area contributed by atoms with Gasteiger partial charge in [0, 0.05) is 0 Å². The second kappa shape index (κ2) is 5.48. The van der Waals surface area contributed by atoms with Crippen LogP contribution in [0.1, 0.15) is 13.8 Å². The van der Waals surface area contributed by atoms with Crippen molar-refractivity contribution >= 4 is 7.72 Å². The SMILES string of the molecule is CC(C)CO[PH](C)(C)Oc1ccccc1. The Morgan fingerprint density at radius 1 is 1.13 bits per heavy atom. The molecule has 0 spiro atoms. The van der Waals surface area contributed by atoms with Crippen LogP contribution in [0, 0.1) is 5.92 Å². The Labute approximate surface area is 93.1 Å². The molecule has 0 aliphatic heterocycles. The first-order valence-corrected chi connectivity index (χ1v) is 8.19. The molecule has 0 saturated carbocycles. The second-order valence-corrected chi connectivity index (χ2v) is 7.81.